The average Bonchev–Trinajstić information content (AvgIpc) is 2.03. The largest absolute Gasteiger partial charge is 0.303 e. The van der Waals surface area contributed by atoms with Gasteiger partial charge in [-0.15, -0.1) is 0 Å². The number of hydrogen-bond acceptors (Lipinski definition) is 1. The van der Waals surface area contributed by atoms with E-state index in [9.17, 15) is 13.6 Å². The van der Waals surface area contributed by atoms with E-state index in [-0.39, 0.29) is 12.3 Å². The lowest BCUT2D eigenvalue weighted by Crippen LogP contribution is -1.96. The second-order valence-corrected chi connectivity index (χ2v) is 3.01. The lowest BCUT2D eigenvalue weighted by molar-refractivity contribution is -0.108. The van der Waals surface area contributed by atoms with Crippen LogP contribution in [0.25, 0.3) is 0 Å². The molecular weight excluding hydrogens is 174 g/mol. The molecule has 0 radical (unpaired) electrons. The van der Waals surface area contributed by atoms with Gasteiger partial charge < -0.3 is 4.79 Å². The predicted molar refractivity (Wildman–Crippen MR) is 45.5 cm³/mol. The van der Waals surface area contributed by atoms with Gasteiger partial charge in [-0.2, -0.15) is 0 Å². The molecule has 1 atom stereocenters. The lowest BCUT2D eigenvalue weighted by Gasteiger charge is -2.07. The zero-order valence-electron chi connectivity index (χ0n) is 7.26. The van der Waals surface area contributed by atoms with Gasteiger partial charge in [-0.1, -0.05) is 6.92 Å². The van der Waals surface area contributed by atoms with Crippen molar-refractivity contribution in [1.29, 1.82) is 0 Å². The fourth-order valence-corrected chi connectivity index (χ4v) is 1.14. The van der Waals surface area contributed by atoms with Crippen molar-refractivity contribution in [3.05, 3.63) is 35.4 Å². The summed E-state index contributed by atoms with van der Waals surface area (Å²) >= 11 is 0. The van der Waals surface area contributed by atoms with E-state index < -0.39 is 11.6 Å². The molecule has 0 amide bonds. The van der Waals surface area contributed by atoms with Gasteiger partial charge in [0.05, 0.1) is 0 Å². The molecular formula is C10H10F2O. The number of halogens is 2. The van der Waals surface area contributed by atoms with Crippen molar-refractivity contribution in [3.63, 3.8) is 0 Å². The molecule has 1 aromatic rings. The molecule has 0 saturated heterocycles. The second kappa shape index (κ2) is 4.12. The molecule has 70 valence electrons. The van der Waals surface area contributed by atoms with Crippen LogP contribution in [0.15, 0.2) is 18.2 Å². The van der Waals surface area contributed by atoms with Crippen molar-refractivity contribution < 1.29 is 13.6 Å². The maximum Gasteiger partial charge on any atom is 0.126 e. The van der Waals surface area contributed by atoms with Gasteiger partial charge in [-0.05, 0) is 23.6 Å². The normalized spacial score (nSPS) is 12.5. The van der Waals surface area contributed by atoms with Crippen molar-refractivity contribution >= 4 is 6.29 Å². The Bertz CT molecular complexity index is 290. The Hall–Kier alpha value is -1.25. The van der Waals surface area contributed by atoms with Crippen molar-refractivity contribution in [3.8, 4) is 0 Å². The van der Waals surface area contributed by atoms with Crippen LogP contribution >= 0.6 is 0 Å². The highest BCUT2D eigenvalue weighted by molar-refractivity contribution is 5.51. The van der Waals surface area contributed by atoms with E-state index in [4.69, 9.17) is 0 Å². The Balaban J connectivity index is 2.93. The molecule has 0 aliphatic heterocycles. The summed E-state index contributed by atoms with van der Waals surface area (Å²) in [6.07, 6.45) is 1.02. The van der Waals surface area contributed by atoms with Gasteiger partial charge in [0.1, 0.15) is 17.9 Å². The van der Waals surface area contributed by atoms with Gasteiger partial charge in [0, 0.05) is 12.5 Å². The Kier molecular flexibility index (Phi) is 3.12. The van der Waals surface area contributed by atoms with Gasteiger partial charge in [0.15, 0.2) is 0 Å². The van der Waals surface area contributed by atoms with E-state index in [0.29, 0.717) is 5.56 Å². The number of hydrogen-bond donors (Lipinski definition) is 0. The molecule has 0 bridgehead atoms. The monoisotopic (exact) mass is 184 g/mol. The van der Waals surface area contributed by atoms with Gasteiger partial charge in [-0.3, -0.25) is 0 Å². The number of rotatable bonds is 3. The first-order valence-electron chi connectivity index (χ1n) is 4.03. The fraction of sp³-hybridized carbons (Fsp3) is 0.300. The predicted octanol–water partition coefficient (Wildman–Crippen LogP) is 2.66. The summed E-state index contributed by atoms with van der Waals surface area (Å²) in [6, 6.07) is 3.31. The standard InChI is InChI=1S/C10H10F2O/c1-7(2-3-13)8-4-9(11)6-10(12)5-8/h3-7H,2H2,1H3. The molecule has 0 heterocycles. The van der Waals surface area contributed by atoms with Crippen LogP contribution in [-0.2, 0) is 4.79 Å². The van der Waals surface area contributed by atoms with Crippen molar-refractivity contribution in [1.82, 2.24) is 0 Å². The highest BCUT2D eigenvalue weighted by atomic mass is 19.1. The van der Waals surface area contributed by atoms with Crippen LogP contribution in [0.5, 0.6) is 0 Å². The van der Waals surface area contributed by atoms with Gasteiger partial charge in [0.2, 0.25) is 0 Å². The highest BCUT2D eigenvalue weighted by Crippen LogP contribution is 2.19. The first-order valence-corrected chi connectivity index (χ1v) is 4.03. The molecule has 13 heavy (non-hydrogen) atoms. The van der Waals surface area contributed by atoms with Gasteiger partial charge in [0.25, 0.3) is 0 Å². The van der Waals surface area contributed by atoms with Crippen LogP contribution in [0.4, 0.5) is 8.78 Å². The van der Waals surface area contributed by atoms with Crippen molar-refractivity contribution in [2.24, 2.45) is 0 Å². The molecule has 1 aromatic carbocycles. The minimum absolute atomic E-state index is 0.136. The molecule has 1 unspecified atom stereocenters. The summed E-state index contributed by atoms with van der Waals surface area (Å²) in [5.74, 6) is -1.34. The molecule has 0 N–H and O–H groups in total. The minimum Gasteiger partial charge on any atom is -0.303 e. The molecule has 0 fully saturated rings. The van der Waals surface area contributed by atoms with Crippen LogP contribution in [0, 0.1) is 11.6 Å². The van der Waals surface area contributed by atoms with E-state index >= 15 is 0 Å². The van der Waals surface area contributed by atoms with Crippen LogP contribution in [-0.4, -0.2) is 6.29 Å². The molecule has 0 aliphatic carbocycles. The summed E-state index contributed by atoms with van der Waals surface area (Å²) < 4.78 is 25.4. The highest BCUT2D eigenvalue weighted by Gasteiger charge is 2.07. The Morgan fingerprint density at radius 1 is 1.31 bits per heavy atom. The smallest absolute Gasteiger partial charge is 0.126 e. The van der Waals surface area contributed by atoms with E-state index in [1.54, 1.807) is 6.92 Å². The molecule has 0 aromatic heterocycles. The van der Waals surface area contributed by atoms with E-state index in [0.717, 1.165) is 12.4 Å². The first-order chi connectivity index (χ1) is 6.13. The van der Waals surface area contributed by atoms with Gasteiger partial charge in [-0.25, -0.2) is 8.78 Å². The summed E-state index contributed by atoms with van der Waals surface area (Å²) in [5, 5.41) is 0. The summed E-state index contributed by atoms with van der Waals surface area (Å²) in [4.78, 5) is 10.2. The fourth-order valence-electron chi connectivity index (χ4n) is 1.14. The topological polar surface area (TPSA) is 17.1 Å². The maximum absolute atomic E-state index is 12.7. The average molecular weight is 184 g/mol. The van der Waals surface area contributed by atoms with Gasteiger partial charge >= 0.3 is 0 Å². The summed E-state index contributed by atoms with van der Waals surface area (Å²) in [6.45, 7) is 1.75. The Labute approximate surface area is 75.4 Å². The molecule has 0 spiro atoms. The summed E-state index contributed by atoms with van der Waals surface area (Å²) in [7, 11) is 0. The van der Waals surface area contributed by atoms with E-state index in [1.807, 2.05) is 0 Å². The minimum atomic E-state index is -0.604. The molecule has 3 heteroatoms. The van der Waals surface area contributed by atoms with Crippen LogP contribution in [0.2, 0.25) is 0 Å². The molecule has 0 saturated carbocycles. The van der Waals surface area contributed by atoms with E-state index in [1.165, 1.54) is 12.1 Å². The third-order valence-electron chi connectivity index (χ3n) is 1.90. The van der Waals surface area contributed by atoms with Crippen LogP contribution in [0.3, 0.4) is 0 Å². The third kappa shape index (κ3) is 2.61. The number of benzene rings is 1. The summed E-state index contributed by atoms with van der Waals surface area (Å²) in [5.41, 5.74) is 0.518. The number of carbonyl (C=O) groups is 1. The first kappa shape index (κ1) is 9.84. The maximum atomic E-state index is 12.7. The quantitative estimate of drug-likeness (QED) is 0.660. The Morgan fingerprint density at radius 2 is 1.85 bits per heavy atom. The third-order valence-corrected chi connectivity index (χ3v) is 1.90. The SMILES string of the molecule is CC(CC=O)c1cc(F)cc(F)c1. The number of carbonyl (C=O) groups excluding carboxylic acids is 1. The van der Waals surface area contributed by atoms with Crippen LogP contribution < -0.4 is 0 Å². The zero-order valence-corrected chi connectivity index (χ0v) is 7.26. The molecule has 0 aliphatic rings. The lowest BCUT2D eigenvalue weighted by atomic mass is 9.98. The second-order valence-electron chi connectivity index (χ2n) is 3.01. The van der Waals surface area contributed by atoms with Crippen molar-refractivity contribution in [2.75, 3.05) is 0 Å². The van der Waals surface area contributed by atoms with Crippen molar-refractivity contribution in [2.45, 2.75) is 19.3 Å². The molecule has 1 nitrogen and oxygen atoms in total. The van der Waals surface area contributed by atoms with E-state index in [2.05, 4.69) is 0 Å². The Morgan fingerprint density at radius 3 is 2.31 bits per heavy atom. The molecule has 1 rings (SSSR count). The number of aldehydes is 1. The zero-order chi connectivity index (χ0) is 9.84. The van der Waals surface area contributed by atoms with Crippen LogP contribution in [0.1, 0.15) is 24.8 Å².